The number of benzene rings is 2. The van der Waals surface area contributed by atoms with Crippen molar-refractivity contribution in [1.29, 1.82) is 0 Å². The van der Waals surface area contributed by atoms with Gasteiger partial charge in [-0.05, 0) is 38.4 Å². The maximum Gasteiger partial charge on any atom is 0.259 e. The number of aromatic amines is 1. The topological polar surface area (TPSA) is 70.1 Å². The first kappa shape index (κ1) is 20.0. The highest BCUT2D eigenvalue weighted by Gasteiger charge is 2.35. The fourth-order valence-electron chi connectivity index (χ4n) is 5.44. The van der Waals surface area contributed by atoms with Crippen molar-refractivity contribution in [2.75, 3.05) is 13.1 Å². The van der Waals surface area contributed by atoms with E-state index in [9.17, 15) is 9.59 Å². The van der Waals surface area contributed by atoms with Crippen molar-refractivity contribution in [1.82, 2.24) is 19.8 Å². The van der Waals surface area contributed by atoms with Gasteiger partial charge in [-0.1, -0.05) is 36.4 Å². The smallest absolute Gasteiger partial charge is 0.259 e. The number of amides is 2. The van der Waals surface area contributed by atoms with E-state index in [-0.39, 0.29) is 11.8 Å². The quantitative estimate of drug-likeness (QED) is 0.460. The van der Waals surface area contributed by atoms with E-state index in [4.69, 9.17) is 0 Å². The number of carbonyl (C=O) groups is 2. The first-order valence-electron chi connectivity index (χ1n) is 11.6. The monoisotopic (exact) mass is 438 g/mol. The molecule has 0 bridgehead atoms. The molecule has 0 saturated carbocycles. The summed E-state index contributed by atoms with van der Waals surface area (Å²) in [5.41, 5.74) is 4.48. The molecule has 2 amide bonds. The normalized spacial score (nSPS) is 19.4. The minimum Gasteiger partial charge on any atom is -0.361 e. The zero-order valence-electron chi connectivity index (χ0n) is 18.6. The van der Waals surface area contributed by atoms with E-state index in [2.05, 4.69) is 32.8 Å². The molecule has 4 heterocycles. The lowest BCUT2D eigenvalue weighted by Crippen LogP contribution is -2.30. The van der Waals surface area contributed by atoms with Crippen LogP contribution in [0.1, 0.15) is 30.9 Å². The molecule has 33 heavy (non-hydrogen) atoms. The molecule has 166 valence electrons. The zero-order chi connectivity index (χ0) is 22.5. The lowest BCUT2D eigenvalue weighted by molar-refractivity contribution is -0.122. The first-order valence-corrected chi connectivity index (χ1v) is 11.6. The van der Waals surface area contributed by atoms with Gasteiger partial charge in [0, 0.05) is 64.5 Å². The third kappa shape index (κ3) is 3.21. The predicted molar refractivity (Wildman–Crippen MR) is 130 cm³/mol. The number of nitrogens with zero attached hydrogens (tertiary/aromatic N) is 2. The Kier molecular flexibility index (Phi) is 4.69. The lowest BCUT2D eigenvalue weighted by atomic mass is 9.95. The minimum atomic E-state index is -0.345. The zero-order valence-corrected chi connectivity index (χ0v) is 18.6. The van der Waals surface area contributed by atoms with Crippen LogP contribution in [0.25, 0.3) is 33.0 Å². The number of carbonyl (C=O) groups excluding carboxylic acids is 2. The molecule has 1 fully saturated rings. The number of likely N-dealkylation sites (tertiary alicyclic amines) is 1. The molecule has 1 saturated heterocycles. The maximum atomic E-state index is 13.1. The van der Waals surface area contributed by atoms with E-state index < -0.39 is 0 Å². The molecule has 2 aromatic heterocycles. The Balaban J connectivity index is 1.50. The molecule has 2 aromatic carbocycles. The van der Waals surface area contributed by atoms with E-state index in [1.165, 1.54) is 12.8 Å². The van der Waals surface area contributed by atoms with Gasteiger partial charge in [-0.3, -0.25) is 19.8 Å². The molecule has 2 N–H and O–H groups in total. The van der Waals surface area contributed by atoms with E-state index in [1.807, 2.05) is 54.9 Å². The molecule has 2 aliphatic heterocycles. The third-order valence-corrected chi connectivity index (χ3v) is 7.17. The molecule has 4 aromatic rings. The lowest BCUT2D eigenvalue weighted by Gasteiger charge is -2.21. The van der Waals surface area contributed by atoms with Crippen molar-refractivity contribution < 1.29 is 9.59 Å². The van der Waals surface area contributed by atoms with E-state index >= 15 is 0 Å². The number of aromatic nitrogens is 2. The van der Waals surface area contributed by atoms with Gasteiger partial charge in [-0.15, -0.1) is 0 Å². The van der Waals surface area contributed by atoms with E-state index in [0.717, 1.165) is 52.6 Å². The fraction of sp³-hybridized carbons (Fsp3) is 0.259. The summed E-state index contributed by atoms with van der Waals surface area (Å²) in [6.07, 6.45) is 6.38. The summed E-state index contributed by atoms with van der Waals surface area (Å²) in [7, 11) is 0. The highest BCUT2D eigenvalue weighted by atomic mass is 16.2. The van der Waals surface area contributed by atoms with Crippen LogP contribution in [0.15, 0.2) is 60.9 Å². The summed E-state index contributed by atoms with van der Waals surface area (Å²) in [4.78, 5) is 31.8. The summed E-state index contributed by atoms with van der Waals surface area (Å²) >= 11 is 0. The van der Waals surface area contributed by atoms with Gasteiger partial charge < -0.3 is 9.55 Å². The molecule has 0 radical (unpaired) electrons. The van der Waals surface area contributed by atoms with Crippen LogP contribution in [0.3, 0.4) is 0 Å². The van der Waals surface area contributed by atoms with Gasteiger partial charge in [0.15, 0.2) is 0 Å². The highest BCUT2D eigenvalue weighted by molar-refractivity contribution is 6.50. The molecule has 2 aliphatic rings. The largest absolute Gasteiger partial charge is 0.361 e. The number of hydrogen-bond acceptors (Lipinski definition) is 3. The number of fused-ring (bicyclic) bond motifs is 2. The van der Waals surface area contributed by atoms with Gasteiger partial charge in [-0.2, -0.15) is 0 Å². The highest BCUT2D eigenvalue weighted by Crippen LogP contribution is 2.38. The number of rotatable bonds is 5. The van der Waals surface area contributed by atoms with Crippen LogP contribution in [-0.4, -0.2) is 45.4 Å². The standard InChI is InChI=1S/C27H26N4O2/c1-17-7-6-12-30(17)13-14-31-16-21(19-9-3-5-11-23(19)31)25-24(26(32)29-27(25)33)20-15-28-22-10-4-2-8-18(20)22/h2-5,8-11,15-17,28H,6-7,12-14H2,1H3,(H,29,32,33). The van der Waals surface area contributed by atoms with Gasteiger partial charge in [0.1, 0.15) is 0 Å². The van der Waals surface area contributed by atoms with Crippen LogP contribution in [0.4, 0.5) is 0 Å². The molecule has 1 atom stereocenters. The van der Waals surface area contributed by atoms with Crippen LogP contribution >= 0.6 is 0 Å². The van der Waals surface area contributed by atoms with Crippen molar-refractivity contribution in [2.24, 2.45) is 0 Å². The van der Waals surface area contributed by atoms with Gasteiger partial charge in [0.25, 0.3) is 11.8 Å². The predicted octanol–water partition coefficient (Wildman–Crippen LogP) is 4.17. The van der Waals surface area contributed by atoms with Gasteiger partial charge in [-0.25, -0.2) is 0 Å². The van der Waals surface area contributed by atoms with E-state index in [1.54, 1.807) is 0 Å². The van der Waals surface area contributed by atoms with Gasteiger partial charge in [0.05, 0.1) is 11.1 Å². The number of hydrogen-bond donors (Lipinski definition) is 2. The number of para-hydroxylation sites is 2. The number of nitrogens with one attached hydrogen (secondary N) is 2. The van der Waals surface area contributed by atoms with Crippen LogP contribution < -0.4 is 5.32 Å². The molecule has 1 unspecified atom stereocenters. The van der Waals surface area contributed by atoms with Crippen LogP contribution in [0, 0.1) is 0 Å². The van der Waals surface area contributed by atoms with Crippen LogP contribution in [-0.2, 0) is 16.1 Å². The Bertz CT molecular complexity index is 1440. The van der Waals surface area contributed by atoms with Crippen LogP contribution in [0.2, 0.25) is 0 Å². The number of H-pyrrole nitrogens is 1. The van der Waals surface area contributed by atoms with Crippen molar-refractivity contribution in [3.8, 4) is 0 Å². The van der Waals surface area contributed by atoms with Gasteiger partial charge in [0.2, 0.25) is 0 Å². The SMILES string of the molecule is CC1CCCN1CCn1cc(C2=C(c3c[nH]c4ccccc34)C(=O)NC2=O)c2ccccc21. The summed E-state index contributed by atoms with van der Waals surface area (Å²) in [6, 6.07) is 16.6. The average Bonchev–Trinajstić information content (AvgIpc) is 3.57. The summed E-state index contributed by atoms with van der Waals surface area (Å²) in [6.45, 7) is 5.24. The Morgan fingerprint density at radius 2 is 1.64 bits per heavy atom. The molecular weight excluding hydrogens is 412 g/mol. The molecule has 0 aliphatic carbocycles. The molecule has 6 rings (SSSR count). The average molecular weight is 439 g/mol. The molecule has 6 nitrogen and oxygen atoms in total. The van der Waals surface area contributed by atoms with Crippen molar-refractivity contribution in [2.45, 2.75) is 32.4 Å². The Hall–Kier alpha value is -3.64. The van der Waals surface area contributed by atoms with Crippen molar-refractivity contribution >= 4 is 44.8 Å². The number of imide groups is 1. The summed E-state index contributed by atoms with van der Waals surface area (Å²) < 4.78 is 2.23. The molecular formula is C27H26N4O2. The molecule has 6 heteroatoms. The maximum absolute atomic E-state index is 13.1. The summed E-state index contributed by atoms with van der Waals surface area (Å²) in [5.74, 6) is -0.682. The second kappa shape index (κ2) is 7.74. The summed E-state index contributed by atoms with van der Waals surface area (Å²) in [5, 5.41) is 4.46. The fourth-order valence-corrected chi connectivity index (χ4v) is 5.44. The third-order valence-electron chi connectivity index (χ3n) is 7.17. The second-order valence-electron chi connectivity index (χ2n) is 9.06. The van der Waals surface area contributed by atoms with Gasteiger partial charge >= 0.3 is 0 Å². The molecule has 0 spiro atoms. The Morgan fingerprint density at radius 3 is 2.42 bits per heavy atom. The van der Waals surface area contributed by atoms with Crippen LogP contribution in [0.5, 0.6) is 0 Å². The van der Waals surface area contributed by atoms with Crippen molar-refractivity contribution in [3.05, 3.63) is 72.1 Å². The Morgan fingerprint density at radius 1 is 0.909 bits per heavy atom. The first-order chi connectivity index (χ1) is 16.1. The van der Waals surface area contributed by atoms with Crippen molar-refractivity contribution in [3.63, 3.8) is 0 Å². The van der Waals surface area contributed by atoms with E-state index in [0.29, 0.717) is 17.2 Å². The second-order valence-corrected chi connectivity index (χ2v) is 9.06. The Labute approximate surface area is 191 Å². The minimum absolute atomic E-state index is 0.337.